The number of amides is 1. The van der Waals surface area contributed by atoms with E-state index in [1.807, 2.05) is 0 Å². The predicted octanol–water partition coefficient (Wildman–Crippen LogP) is 5.46. The van der Waals surface area contributed by atoms with Gasteiger partial charge >= 0.3 is 12.3 Å². The lowest BCUT2D eigenvalue weighted by Gasteiger charge is -2.34. The van der Waals surface area contributed by atoms with Crippen LogP contribution in [0.4, 0.5) is 23.9 Å². The molecule has 11 heteroatoms. The number of hydrogen-bond donors (Lipinski definition) is 1. The molecule has 3 rings (SSSR count). The topological polar surface area (TPSA) is 72.3 Å². The fraction of sp³-hybridized carbons (Fsp3) is 0.542. The van der Waals surface area contributed by atoms with Gasteiger partial charge in [0.2, 0.25) is 5.95 Å². The van der Waals surface area contributed by atoms with Crippen LogP contribution in [-0.2, 0) is 10.9 Å². The molecule has 1 N–H and O–H groups in total. The Morgan fingerprint density at radius 3 is 2.60 bits per heavy atom. The molecule has 1 aliphatic heterocycles. The molecule has 1 amide bonds. The second-order valence-corrected chi connectivity index (χ2v) is 15.4. The minimum atomic E-state index is -4.61. The fourth-order valence-electron chi connectivity index (χ4n) is 3.49. The smallest absolute Gasteiger partial charge is 0.419 e. The predicted molar refractivity (Wildman–Crippen MR) is 131 cm³/mol. The van der Waals surface area contributed by atoms with Crippen molar-refractivity contribution in [1.29, 1.82) is 0 Å². The summed E-state index contributed by atoms with van der Waals surface area (Å²) in [6.45, 7) is 12.6. The Hall–Kier alpha value is -3.00. The zero-order valence-electron chi connectivity index (χ0n) is 21.0. The van der Waals surface area contributed by atoms with E-state index < -0.39 is 31.5 Å². The Labute approximate surface area is 205 Å². The van der Waals surface area contributed by atoms with Crippen molar-refractivity contribution in [3.05, 3.63) is 30.2 Å². The van der Waals surface area contributed by atoms with Gasteiger partial charge in [0.15, 0.2) is 0 Å². The Balaban J connectivity index is 1.84. The summed E-state index contributed by atoms with van der Waals surface area (Å²) in [6.07, 6.45) is 0.378. The quantitative estimate of drug-likeness (QED) is 0.441. The number of nitrogens with zero attached hydrogens (tertiary/aromatic N) is 4. The highest BCUT2D eigenvalue weighted by Crippen LogP contribution is 2.36. The van der Waals surface area contributed by atoms with Gasteiger partial charge in [0, 0.05) is 49.3 Å². The van der Waals surface area contributed by atoms with Crippen LogP contribution in [0, 0.1) is 11.6 Å². The van der Waals surface area contributed by atoms with E-state index in [2.05, 4.69) is 46.5 Å². The Bertz CT molecular complexity index is 1120. The monoisotopic (exact) mass is 507 g/mol. The first-order chi connectivity index (χ1) is 16.1. The van der Waals surface area contributed by atoms with Crippen LogP contribution in [0.2, 0.25) is 19.6 Å². The number of hydrogen-bond acceptors (Lipinski definition) is 5. The molecule has 7 nitrogen and oxygen atoms in total. The van der Waals surface area contributed by atoms with E-state index in [4.69, 9.17) is 4.74 Å². The van der Waals surface area contributed by atoms with Gasteiger partial charge in [-0.1, -0.05) is 19.6 Å². The molecule has 3 heterocycles. The van der Waals surface area contributed by atoms with Crippen LogP contribution in [0.25, 0.3) is 11.3 Å². The maximum atomic E-state index is 13.7. The fourth-order valence-corrected chi connectivity index (χ4v) is 3.95. The molecule has 1 aliphatic rings. The van der Waals surface area contributed by atoms with Gasteiger partial charge in [-0.3, -0.25) is 4.57 Å². The average Bonchev–Trinajstić information content (AvgIpc) is 3.19. The SMILES string of the molecule is CC(C)(C)OC(=O)N1CCC[C@H](Nc2ncc(C(F)(F)F)c(-c3ccn(C#C[Si](C)(C)C)c3)n2)C1. The Morgan fingerprint density at radius 1 is 1.26 bits per heavy atom. The van der Waals surface area contributed by atoms with Crippen LogP contribution >= 0.6 is 0 Å². The van der Waals surface area contributed by atoms with Crippen molar-refractivity contribution in [3.8, 4) is 22.8 Å². The summed E-state index contributed by atoms with van der Waals surface area (Å²) in [7, 11) is -1.65. The van der Waals surface area contributed by atoms with Gasteiger partial charge in [-0.05, 0) is 39.7 Å². The number of carbonyl (C=O) groups is 1. The first-order valence-corrected chi connectivity index (χ1v) is 15.0. The third-order valence-corrected chi connectivity index (χ3v) is 5.89. The van der Waals surface area contributed by atoms with Gasteiger partial charge < -0.3 is 15.0 Å². The molecule has 0 radical (unpaired) electrons. The molecule has 190 valence electrons. The number of alkyl halides is 3. The minimum Gasteiger partial charge on any atom is -0.444 e. The summed E-state index contributed by atoms with van der Waals surface area (Å²) in [6, 6.07) is 4.33. The number of halogens is 3. The summed E-state index contributed by atoms with van der Waals surface area (Å²) in [5.41, 5.74) is 1.73. The van der Waals surface area contributed by atoms with E-state index in [9.17, 15) is 18.0 Å². The van der Waals surface area contributed by atoms with Crippen molar-refractivity contribution < 1.29 is 22.7 Å². The molecule has 35 heavy (non-hydrogen) atoms. The van der Waals surface area contributed by atoms with Gasteiger partial charge in [-0.2, -0.15) is 13.2 Å². The molecule has 0 spiro atoms. The molecule has 0 aliphatic carbocycles. The summed E-state index contributed by atoms with van der Waals surface area (Å²) < 4.78 is 48.2. The van der Waals surface area contributed by atoms with Gasteiger partial charge in [0.1, 0.15) is 19.2 Å². The van der Waals surface area contributed by atoms with Crippen molar-refractivity contribution in [2.75, 3.05) is 18.4 Å². The number of ether oxygens (including phenoxy) is 1. The van der Waals surface area contributed by atoms with E-state index in [1.54, 1.807) is 48.7 Å². The van der Waals surface area contributed by atoms with E-state index in [1.165, 1.54) is 0 Å². The number of nitrogens with one attached hydrogen (secondary N) is 1. The second-order valence-electron chi connectivity index (χ2n) is 10.7. The number of aromatic nitrogens is 3. The van der Waals surface area contributed by atoms with Crippen molar-refractivity contribution in [3.63, 3.8) is 0 Å². The van der Waals surface area contributed by atoms with E-state index in [-0.39, 0.29) is 17.7 Å². The van der Waals surface area contributed by atoms with Crippen molar-refractivity contribution in [1.82, 2.24) is 19.4 Å². The molecule has 0 saturated carbocycles. The van der Waals surface area contributed by atoms with Crippen LogP contribution in [-0.4, -0.2) is 58.3 Å². The van der Waals surface area contributed by atoms with Gasteiger partial charge in [0.05, 0.1) is 5.69 Å². The highest BCUT2D eigenvalue weighted by atomic mass is 28.3. The van der Waals surface area contributed by atoms with Crippen molar-refractivity contribution in [2.24, 2.45) is 0 Å². The Kier molecular flexibility index (Phi) is 7.55. The number of likely N-dealkylation sites (tertiary alicyclic amines) is 1. The minimum absolute atomic E-state index is 0.0740. The first-order valence-electron chi connectivity index (χ1n) is 11.5. The van der Waals surface area contributed by atoms with Gasteiger partial charge in [-0.25, -0.2) is 14.8 Å². The largest absolute Gasteiger partial charge is 0.444 e. The number of carbonyl (C=O) groups excluding carboxylic acids is 1. The molecule has 1 atom stereocenters. The lowest BCUT2D eigenvalue weighted by molar-refractivity contribution is -0.137. The molecule has 1 saturated heterocycles. The maximum absolute atomic E-state index is 13.7. The van der Waals surface area contributed by atoms with Crippen LogP contribution in [0.15, 0.2) is 24.7 Å². The van der Waals surface area contributed by atoms with Crippen molar-refractivity contribution >= 4 is 20.1 Å². The molecule has 2 aromatic rings. The summed E-state index contributed by atoms with van der Waals surface area (Å²) in [5.74, 6) is 0.0740. The lowest BCUT2D eigenvalue weighted by atomic mass is 10.1. The third-order valence-electron chi connectivity index (χ3n) is 5.03. The van der Waals surface area contributed by atoms with Crippen molar-refractivity contribution in [2.45, 2.75) is 71.1 Å². The lowest BCUT2D eigenvalue weighted by Crippen LogP contribution is -2.47. The zero-order valence-corrected chi connectivity index (χ0v) is 22.0. The molecule has 2 aromatic heterocycles. The first kappa shape index (κ1) is 26.6. The molecule has 0 aromatic carbocycles. The zero-order chi connectivity index (χ0) is 26.0. The molecule has 0 bridgehead atoms. The number of rotatable bonds is 3. The number of piperidine rings is 1. The van der Waals surface area contributed by atoms with Crippen LogP contribution in [0.1, 0.15) is 39.2 Å². The highest BCUT2D eigenvalue weighted by molar-refractivity contribution is 6.83. The summed E-state index contributed by atoms with van der Waals surface area (Å²) >= 11 is 0. The highest BCUT2D eigenvalue weighted by Gasteiger charge is 2.36. The molecule has 1 fully saturated rings. The standard InChI is InChI=1S/C24H32F3N5O2Si/c1-23(2,3)34-22(33)32-10-7-8-18(16-32)29-21-28-14-19(24(25,26)27)20(30-21)17-9-11-31(15-17)12-13-35(4,5)6/h9,11,14-15,18H,7-8,10,16H2,1-6H3,(H,28,29,30)/t18-/m0/s1. The van der Waals surface area contributed by atoms with Crippen LogP contribution in [0.3, 0.4) is 0 Å². The molecule has 0 unspecified atom stereocenters. The van der Waals surface area contributed by atoms with E-state index in [0.29, 0.717) is 18.7 Å². The summed E-state index contributed by atoms with van der Waals surface area (Å²) in [4.78, 5) is 22.2. The average molecular weight is 508 g/mol. The van der Waals surface area contributed by atoms with Gasteiger partial charge in [-0.15, -0.1) is 5.54 Å². The van der Waals surface area contributed by atoms with E-state index >= 15 is 0 Å². The maximum Gasteiger partial charge on any atom is 0.419 e. The van der Waals surface area contributed by atoms with Crippen LogP contribution in [0.5, 0.6) is 0 Å². The normalized spacial score (nSPS) is 16.9. The van der Waals surface area contributed by atoms with Crippen LogP contribution < -0.4 is 5.32 Å². The molecular weight excluding hydrogens is 475 g/mol. The third kappa shape index (κ3) is 7.75. The van der Waals surface area contributed by atoms with E-state index in [0.717, 1.165) is 19.0 Å². The van der Waals surface area contributed by atoms with Gasteiger partial charge in [0.25, 0.3) is 0 Å². The second kappa shape index (κ2) is 9.93. The molecular formula is C24H32F3N5O2Si. The Morgan fingerprint density at radius 2 is 1.97 bits per heavy atom. The number of anilines is 1. The summed E-state index contributed by atoms with van der Waals surface area (Å²) in [5, 5.41) is 3.10.